The number of fused-ring (bicyclic) bond motifs is 1. The number of rotatable bonds is 4. The molecule has 5 nitrogen and oxygen atoms in total. The summed E-state index contributed by atoms with van der Waals surface area (Å²) in [7, 11) is 0. The first kappa shape index (κ1) is 16.7. The Balaban J connectivity index is 1.44. The molecule has 0 saturated carbocycles. The van der Waals surface area contributed by atoms with Crippen molar-refractivity contribution >= 4 is 0 Å². The minimum Gasteiger partial charge on any atom is -0.374 e. The zero-order valence-corrected chi connectivity index (χ0v) is 14.7. The SMILES string of the molecule is Cc1noc(C)c1CN1CCO[C@H]2CN(Cc3ccc(F)cc3)C[C@H]21. The second kappa shape index (κ2) is 6.86. The monoisotopic (exact) mass is 345 g/mol. The molecule has 2 atom stereocenters. The van der Waals surface area contributed by atoms with Gasteiger partial charge in [0, 0.05) is 38.3 Å². The molecule has 2 fully saturated rings. The summed E-state index contributed by atoms with van der Waals surface area (Å²) in [6.45, 7) is 9.23. The summed E-state index contributed by atoms with van der Waals surface area (Å²) in [4.78, 5) is 4.89. The number of aromatic nitrogens is 1. The van der Waals surface area contributed by atoms with E-state index in [-0.39, 0.29) is 11.9 Å². The number of hydrogen-bond donors (Lipinski definition) is 0. The molecule has 0 radical (unpaired) electrons. The molecule has 2 aromatic rings. The number of ether oxygens (including phenoxy) is 1. The van der Waals surface area contributed by atoms with Crippen LogP contribution in [0.25, 0.3) is 0 Å². The Morgan fingerprint density at radius 1 is 1.16 bits per heavy atom. The Morgan fingerprint density at radius 2 is 1.96 bits per heavy atom. The maximum absolute atomic E-state index is 13.1. The summed E-state index contributed by atoms with van der Waals surface area (Å²) in [6.07, 6.45) is 0.231. The molecule has 1 aromatic carbocycles. The zero-order chi connectivity index (χ0) is 17.4. The van der Waals surface area contributed by atoms with Gasteiger partial charge in [0.1, 0.15) is 11.6 Å². The van der Waals surface area contributed by atoms with E-state index >= 15 is 0 Å². The van der Waals surface area contributed by atoms with Crippen LogP contribution in [0.4, 0.5) is 4.39 Å². The highest BCUT2D eigenvalue weighted by Crippen LogP contribution is 2.27. The van der Waals surface area contributed by atoms with E-state index in [9.17, 15) is 4.39 Å². The highest BCUT2D eigenvalue weighted by atomic mass is 19.1. The van der Waals surface area contributed by atoms with Crippen LogP contribution in [0.3, 0.4) is 0 Å². The molecule has 4 rings (SSSR count). The van der Waals surface area contributed by atoms with Gasteiger partial charge in [0.15, 0.2) is 0 Å². The van der Waals surface area contributed by atoms with E-state index in [2.05, 4.69) is 15.0 Å². The van der Waals surface area contributed by atoms with Crippen molar-refractivity contribution in [2.75, 3.05) is 26.2 Å². The number of nitrogens with zero attached hydrogens (tertiary/aromatic N) is 3. The highest BCUT2D eigenvalue weighted by Gasteiger charge is 2.40. The van der Waals surface area contributed by atoms with Gasteiger partial charge in [-0.1, -0.05) is 17.3 Å². The average Bonchev–Trinajstić information content (AvgIpc) is 3.15. The second-order valence-corrected chi connectivity index (χ2v) is 7.07. The minimum atomic E-state index is -0.187. The Labute approximate surface area is 147 Å². The molecule has 0 N–H and O–H groups in total. The molecule has 0 spiro atoms. The molecule has 0 unspecified atom stereocenters. The summed E-state index contributed by atoms with van der Waals surface area (Å²) in [5, 5.41) is 4.07. The molecular formula is C19H24FN3O2. The number of morpholine rings is 1. The van der Waals surface area contributed by atoms with E-state index in [1.165, 1.54) is 17.7 Å². The first-order valence-corrected chi connectivity index (χ1v) is 8.84. The number of hydrogen-bond acceptors (Lipinski definition) is 5. The van der Waals surface area contributed by atoms with Gasteiger partial charge in [-0.2, -0.15) is 0 Å². The van der Waals surface area contributed by atoms with E-state index in [1.54, 1.807) is 0 Å². The topological polar surface area (TPSA) is 41.7 Å². The second-order valence-electron chi connectivity index (χ2n) is 7.07. The fourth-order valence-electron chi connectivity index (χ4n) is 3.94. The Bertz CT molecular complexity index is 711. The number of halogens is 1. The Hall–Kier alpha value is -1.76. The largest absolute Gasteiger partial charge is 0.374 e. The molecule has 0 aliphatic carbocycles. The average molecular weight is 345 g/mol. The van der Waals surface area contributed by atoms with Crippen LogP contribution in [-0.2, 0) is 17.8 Å². The Kier molecular flexibility index (Phi) is 4.58. The summed E-state index contributed by atoms with van der Waals surface area (Å²) in [5.74, 6) is 0.717. The number of aryl methyl sites for hydroxylation is 2. The molecule has 3 heterocycles. The smallest absolute Gasteiger partial charge is 0.138 e. The van der Waals surface area contributed by atoms with Crippen molar-refractivity contribution in [1.29, 1.82) is 0 Å². The van der Waals surface area contributed by atoms with Crippen LogP contribution in [0, 0.1) is 19.7 Å². The van der Waals surface area contributed by atoms with Gasteiger partial charge in [-0.05, 0) is 31.5 Å². The summed E-state index contributed by atoms with van der Waals surface area (Å²) < 4.78 is 24.4. The molecule has 134 valence electrons. The molecule has 6 heteroatoms. The summed E-state index contributed by atoms with van der Waals surface area (Å²) in [6, 6.07) is 7.15. The van der Waals surface area contributed by atoms with Gasteiger partial charge in [0.05, 0.1) is 24.4 Å². The first-order valence-electron chi connectivity index (χ1n) is 8.84. The van der Waals surface area contributed by atoms with Crippen LogP contribution in [0.5, 0.6) is 0 Å². The quantitative estimate of drug-likeness (QED) is 0.852. The van der Waals surface area contributed by atoms with Crippen molar-refractivity contribution in [3.63, 3.8) is 0 Å². The van der Waals surface area contributed by atoms with Crippen LogP contribution in [0.1, 0.15) is 22.6 Å². The van der Waals surface area contributed by atoms with Crippen molar-refractivity contribution in [3.05, 3.63) is 52.7 Å². The predicted octanol–water partition coefficient (Wildman–Crippen LogP) is 2.52. The van der Waals surface area contributed by atoms with Gasteiger partial charge in [0.2, 0.25) is 0 Å². The van der Waals surface area contributed by atoms with Crippen LogP contribution < -0.4 is 0 Å². The molecular weight excluding hydrogens is 321 g/mol. The van der Waals surface area contributed by atoms with E-state index in [0.29, 0.717) is 6.04 Å². The maximum Gasteiger partial charge on any atom is 0.138 e. The first-order chi connectivity index (χ1) is 12.1. The van der Waals surface area contributed by atoms with Crippen molar-refractivity contribution in [1.82, 2.24) is 15.0 Å². The van der Waals surface area contributed by atoms with Crippen molar-refractivity contribution in [3.8, 4) is 0 Å². The Morgan fingerprint density at radius 3 is 2.68 bits per heavy atom. The van der Waals surface area contributed by atoms with Gasteiger partial charge in [-0.25, -0.2) is 4.39 Å². The number of likely N-dealkylation sites (tertiary alicyclic amines) is 1. The van der Waals surface area contributed by atoms with Crippen molar-refractivity contribution in [2.45, 2.75) is 39.1 Å². The molecule has 0 bridgehead atoms. The fourth-order valence-corrected chi connectivity index (χ4v) is 3.94. The third-order valence-electron chi connectivity index (χ3n) is 5.35. The van der Waals surface area contributed by atoms with Gasteiger partial charge in [-0.3, -0.25) is 9.80 Å². The van der Waals surface area contributed by atoms with E-state index in [4.69, 9.17) is 9.26 Å². The van der Waals surface area contributed by atoms with Crippen molar-refractivity contribution < 1.29 is 13.7 Å². The van der Waals surface area contributed by atoms with Crippen LogP contribution >= 0.6 is 0 Å². The third-order valence-corrected chi connectivity index (χ3v) is 5.35. The van der Waals surface area contributed by atoms with Crippen LogP contribution in [0.15, 0.2) is 28.8 Å². The molecule has 2 aliphatic rings. The summed E-state index contributed by atoms with van der Waals surface area (Å²) >= 11 is 0. The molecule has 0 amide bonds. The lowest BCUT2D eigenvalue weighted by molar-refractivity contribution is -0.0506. The maximum atomic E-state index is 13.1. The van der Waals surface area contributed by atoms with Crippen LogP contribution in [0.2, 0.25) is 0 Å². The summed E-state index contributed by atoms with van der Waals surface area (Å²) in [5.41, 5.74) is 3.30. The van der Waals surface area contributed by atoms with E-state index in [1.807, 2.05) is 26.0 Å². The normalized spacial score (nSPS) is 24.6. The van der Waals surface area contributed by atoms with Gasteiger partial charge in [-0.15, -0.1) is 0 Å². The zero-order valence-electron chi connectivity index (χ0n) is 14.7. The van der Waals surface area contributed by atoms with E-state index < -0.39 is 0 Å². The lowest BCUT2D eigenvalue weighted by atomic mass is 10.1. The fraction of sp³-hybridized carbons (Fsp3) is 0.526. The van der Waals surface area contributed by atoms with Crippen LogP contribution in [-0.4, -0.2) is 53.3 Å². The van der Waals surface area contributed by atoms with Gasteiger partial charge < -0.3 is 9.26 Å². The standard InChI is InChI=1S/C19H24FN3O2/c1-13-17(14(2)25-21-13)10-23-7-8-24-19-12-22(11-18(19)23)9-15-3-5-16(20)6-4-15/h3-6,18-19H,7-12H2,1-2H3/t18-,19+/m1/s1. The molecule has 25 heavy (non-hydrogen) atoms. The third kappa shape index (κ3) is 3.47. The number of benzene rings is 1. The lowest BCUT2D eigenvalue weighted by Crippen LogP contribution is -2.50. The van der Waals surface area contributed by atoms with Gasteiger partial charge in [0.25, 0.3) is 0 Å². The van der Waals surface area contributed by atoms with Gasteiger partial charge >= 0.3 is 0 Å². The molecule has 2 saturated heterocycles. The lowest BCUT2D eigenvalue weighted by Gasteiger charge is -2.36. The van der Waals surface area contributed by atoms with Crippen molar-refractivity contribution in [2.24, 2.45) is 0 Å². The molecule has 2 aliphatic heterocycles. The predicted molar refractivity (Wildman–Crippen MR) is 91.6 cm³/mol. The van der Waals surface area contributed by atoms with E-state index in [0.717, 1.165) is 56.3 Å². The highest BCUT2D eigenvalue weighted by molar-refractivity contribution is 5.21. The molecule has 1 aromatic heterocycles. The minimum absolute atomic E-state index is 0.187.